The summed E-state index contributed by atoms with van der Waals surface area (Å²) in [6.45, 7) is 0.0111. The van der Waals surface area contributed by atoms with Gasteiger partial charge >= 0.3 is 0 Å². The standard InChI is InChI=1S/C8H11NO3S/c9-12-6-7-13(10,11)8-4-2-1-3-5-8/h1-5H,6-7,9H2. The van der Waals surface area contributed by atoms with Crippen LogP contribution in [0.4, 0.5) is 0 Å². The van der Waals surface area contributed by atoms with E-state index >= 15 is 0 Å². The van der Waals surface area contributed by atoms with Crippen molar-refractivity contribution >= 4 is 9.84 Å². The molecular weight excluding hydrogens is 190 g/mol. The van der Waals surface area contributed by atoms with E-state index in [9.17, 15) is 8.42 Å². The lowest BCUT2D eigenvalue weighted by molar-refractivity contribution is 0.153. The van der Waals surface area contributed by atoms with E-state index in [4.69, 9.17) is 5.90 Å². The van der Waals surface area contributed by atoms with E-state index < -0.39 is 9.84 Å². The van der Waals surface area contributed by atoms with Gasteiger partial charge in [-0.25, -0.2) is 14.3 Å². The molecule has 1 aromatic rings. The van der Waals surface area contributed by atoms with Crippen molar-refractivity contribution in [3.05, 3.63) is 30.3 Å². The number of hydrogen-bond acceptors (Lipinski definition) is 4. The first-order valence-electron chi connectivity index (χ1n) is 3.76. The topological polar surface area (TPSA) is 69.4 Å². The van der Waals surface area contributed by atoms with E-state index in [1.807, 2.05) is 0 Å². The van der Waals surface area contributed by atoms with Gasteiger partial charge in [0.15, 0.2) is 9.84 Å². The van der Waals surface area contributed by atoms with Crippen LogP contribution in [-0.4, -0.2) is 20.8 Å². The van der Waals surface area contributed by atoms with Crippen molar-refractivity contribution in [3.63, 3.8) is 0 Å². The van der Waals surface area contributed by atoms with Gasteiger partial charge in [0.05, 0.1) is 17.3 Å². The zero-order valence-corrected chi connectivity index (χ0v) is 7.83. The van der Waals surface area contributed by atoms with Gasteiger partial charge in [0, 0.05) is 0 Å². The molecule has 5 heteroatoms. The second kappa shape index (κ2) is 4.36. The quantitative estimate of drug-likeness (QED) is 0.714. The Bertz CT molecular complexity index is 347. The third kappa shape index (κ3) is 2.80. The average Bonchev–Trinajstić information content (AvgIpc) is 2.16. The summed E-state index contributed by atoms with van der Waals surface area (Å²) in [5.41, 5.74) is 0. The minimum absolute atomic E-state index is 0.0111. The van der Waals surface area contributed by atoms with Crippen LogP contribution in [0.1, 0.15) is 0 Å². The third-order valence-corrected chi connectivity index (χ3v) is 3.27. The van der Waals surface area contributed by atoms with E-state index in [0.29, 0.717) is 4.90 Å². The second-order valence-electron chi connectivity index (χ2n) is 2.50. The summed E-state index contributed by atoms with van der Waals surface area (Å²) in [6.07, 6.45) is 0. The van der Waals surface area contributed by atoms with Gasteiger partial charge in [0.25, 0.3) is 0 Å². The van der Waals surface area contributed by atoms with Crippen molar-refractivity contribution in [3.8, 4) is 0 Å². The van der Waals surface area contributed by atoms with Crippen LogP contribution in [0.5, 0.6) is 0 Å². The highest BCUT2D eigenvalue weighted by Gasteiger charge is 2.12. The minimum atomic E-state index is -3.23. The van der Waals surface area contributed by atoms with E-state index in [2.05, 4.69) is 4.84 Å². The van der Waals surface area contributed by atoms with Gasteiger partial charge in [-0.3, -0.25) is 0 Å². The van der Waals surface area contributed by atoms with Crippen LogP contribution in [0.15, 0.2) is 35.2 Å². The molecule has 0 amide bonds. The molecule has 1 rings (SSSR count). The molecule has 13 heavy (non-hydrogen) atoms. The van der Waals surface area contributed by atoms with E-state index in [1.165, 1.54) is 0 Å². The predicted octanol–water partition coefficient (Wildman–Crippen LogP) is 0.351. The van der Waals surface area contributed by atoms with Crippen molar-refractivity contribution in [1.82, 2.24) is 0 Å². The zero-order valence-electron chi connectivity index (χ0n) is 7.01. The first-order valence-corrected chi connectivity index (χ1v) is 5.41. The van der Waals surface area contributed by atoms with Crippen LogP contribution >= 0.6 is 0 Å². The van der Waals surface area contributed by atoms with Crippen molar-refractivity contribution in [2.24, 2.45) is 5.90 Å². The molecule has 4 nitrogen and oxygen atoms in total. The summed E-state index contributed by atoms with van der Waals surface area (Å²) in [6, 6.07) is 8.21. The summed E-state index contributed by atoms with van der Waals surface area (Å²) >= 11 is 0. The van der Waals surface area contributed by atoms with Gasteiger partial charge in [-0.05, 0) is 12.1 Å². The average molecular weight is 201 g/mol. The van der Waals surface area contributed by atoms with E-state index in [0.717, 1.165) is 0 Å². The molecule has 1 aromatic carbocycles. The van der Waals surface area contributed by atoms with Gasteiger partial charge in [-0.15, -0.1) is 0 Å². The molecule has 0 atom stereocenters. The minimum Gasteiger partial charge on any atom is -0.304 e. The maximum Gasteiger partial charge on any atom is 0.180 e. The number of rotatable bonds is 4. The van der Waals surface area contributed by atoms with Crippen LogP contribution in [-0.2, 0) is 14.7 Å². The first-order chi connectivity index (χ1) is 6.17. The van der Waals surface area contributed by atoms with Crippen LogP contribution in [0.3, 0.4) is 0 Å². The predicted molar refractivity (Wildman–Crippen MR) is 48.6 cm³/mol. The number of benzene rings is 1. The van der Waals surface area contributed by atoms with Crippen LogP contribution < -0.4 is 5.90 Å². The third-order valence-electron chi connectivity index (χ3n) is 1.57. The van der Waals surface area contributed by atoms with E-state index in [1.54, 1.807) is 30.3 Å². The monoisotopic (exact) mass is 201 g/mol. The molecule has 0 radical (unpaired) electrons. The molecule has 0 aliphatic carbocycles. The lowest BCUT2D eigenvalue weighted by Gasteiger charge is -2.01. The summed E-state index contributed by atoms with van der Waals surface area (Å²) in [5, 5.41) is 0. The second-order valence-corrected chi connectivity index (χ2v) is 4.61. The highest BCUT2D eigenvalue weighted by Crippen LogP contribution is 2.09. The fourth-order valence-electron chi connectivity index (χ4n) is 0.904. The Morgan fingerprint density at radius 1 is 1.23 bits per heavy atom. The normalized spacial score (nSPS) is 11.5. The lowest BCUT2D eigenvalue weighted by Crippen LogP contribution is -2.14. The number of hydrogen-bond donors (Lipinski definition) is 1. The Hall–Kier alpha value is -0.910. The molecule has 0 heterocycles. The lowest BCUT2D eigenvalue weighted by atomic mass is 10.4. The highest BCUT2D eigenvalue weighted by atomic mass is 32.2. The Kier molecular flexibility index (Phi) is 3.41. The molecule has 0 aromatic heterocycles. The Morgan fingerprint density at radius 2 is 1.85 bits per heavy atom. The van der Waals surface area contributed by atoms with Gasteiger partial charge in [0.1, 0.15) is 0 Å². The summed E-state index contributed by atoms with van der Waals surface area (Å²) in [5.74, 6) is 4.66. The fourth-order valence-corrected chi connectivity index (χ4v) is 2.03. The molecule has 2 N–H and O–H groups in total. The van der Waals surface area contributed by atoms with Crippen LogP contribution in [0.25, 0.3) is 0 Å². The van der Waals surface area contributed by atoms with Gasteiger partial charge < -0.3 is 4.84 Å². The number of nitrogens with two attached hydrogens (primary N) is 1. The van der Waals surface area contributed by atoms with Crippen molar-refractivity contribution < 1.29 is 13.3 Å². The molecule has 0 aliphatic rings. The first kappa shape index (κ1) is 10.2. The summed E-state index contributed by atoms with van der Waals surface area (Å²) in [4.78, 5) is 4.52. The largest absolute Gasteiger partial charge is 0.304 e. The molecule has 0 spiro atoms. The fraction of sp³-hybridized carbons (Fsp3) is 0.250. The molecule has 72 valence electrons. The van der Waals surface area contributed by atoms with Crippen LogP contribution in [0, 0.1) is 0 Å². The summed E-state index contributed by atoms with van der Waals surface area (Å²) < 4.78 is 22.9. The van der Waals surface area contributed by atoms with Gasteiger partial charge in [-0.2, -0.15) is 0 Å². The van der Waals surface area contributed by atoms with Crippen LogP contribution in [0.2, 0.25) is 0 Å². The van der Waals surface area contributed by atoms with Gasteiger partial charge in [-0.1, -0.05) is 18.2 Å². The zero-order chi connectivity index (χ0) is 9.73. The Morgan fingerprint density at radius 3 is 2.38 bits per heavy atom. The maximum atomic E-state index is 11.5. The smallest absolute Gasteiger partial charge is 0.180 e. The van der Waals surface area contributed by atoms with Crippen molar-refractivity contribution in [2.45, 2.75) is 4.90 Å². The molecule has 0 unspecified atom stereocenters. The SMILES string of the molecule is NOCCS(=O)(=O)c1ccccc1. The summed E-state index contributed by atoms with van der Waals surface area (Å²) in [7, 11) is -3.23. The van der Waals surface area contributed by atoms with Crippen molar-refractivity contribution in [2.75, 3.05) is 12.4 Å². The molecule has 0 saturated carbocycles. The molecule has 0 fully saturated rings. The van der Waals surface area contributed by atoms with E-state index in [-0.39, 0.29) is 12.4 Å². The maximum absolute atomic E-state index is 11.5. The molecule has 0 aliphatic heterocycles. The highest BCUT2D eigenvalue weighted by molar-refractivity contribution is 7.91. The Labute approximate surface area is 77.2 Å². The van der Waals surface area contributed by atoms with Crippen molar-refractivity contribution in [1.29, 1.82) is 0 Å². The number of sulfone groups is 1. The molecular formula is C8H11NO3S. The molecule has 0 bridgehead atoms. The Balaban J connectivity index is 2.83. The molecule has 0 saturated heterocycles. The van der Waals surface area contributed by atoms with Gasteiger partial charge in [0.2, 0.25) is 0 Å².